The minimum Gasteiger partial charge on any atom is -0.465 e. The maximum atomic E-state index is 11.6. The van der Waals surface area contributed by atoms with Crippen LogP contribution in [0.5, 0.6) is 0 Å². The fourth-order valence-electron chi connectivity index (χ4n) is 5.71. The van der Waals surface area contributed by atoms with Crippen LogP contribution in [0.25, 0.3) is 39.5 Å². The number of imidazole rings is 1. The van der Waals surface area contributed by atoms with E-state index in [4.69, 9.17) is 15.7 Å². The molecule has 0 radical (unpaired) electrons. The van der Waals surface area contributed by atoms with Crippen LogP contribution in [0.15, 0.2) is 85.1 Å². The minimum atomic E-state index is -0.856. The van der Waals surface area contributed by atoms with Gasteiger partial charge in [-0.2, -0.15) is 0 Å². The minimum absolute atomic E-state index is 0.0600. The SMILES string of the molecule is C[C@@H]1CN(Cc2ccc(-n3c(-c4cccnc4N)nc4ccc(-c5ccccc5)nc43)cc2)C[C@H](C)N1C(=O)O. The molecule has 4 heterocycles. The molecule has 1 aliphatic heterocycles. The van der Waals surface area contributed by atoms with Crippen molar-refractivity contribution in [1.29, 1.82) is 0 Å². The van der Waals surface area contributed by atoms with Gasteiger partial charge in [0.05, 0.1) is 11.3 Å². The number of nitrogens with two attached hydrogens (primary N) is 1. The molecule has 0 saturated carbocycles. The third-order valence-corrected chi connectivity index (χ3v) is 7.47. The van der Waals surface area contributed by atoms with Crippen molar-refractivity contribution in [3.8, 4) is 28.3 Å². The molecule has 2 aromatic carbocycles. The molecule has 9 heteroatoms. The highest BCUT2D eigenvalue weighted by Crippen LogP contribution is 2.32. The number of aromatic nitrogens is 4. The van der Waals surface area contributed by atoms with Gasteiger partial charge in [0.15, 0.2) is 11.5 Å². The van der Waals surface area contributed by atoms with Crippen molar-refractivity contribution in [2.45, 2.75) is 32.5 Å². The lowest BCUT2D eigenvalue weighted by Crippen LogP contribution is -2.57. The number of anilines is 1. The summed E-state index contributed by atoms with van der Waals surface area (Å²) in [4.78, 5) is 29.7. The number of carboxylic acid groups (broad SMARTS) is 1. The number of benzene rings is 2. The molecule has 1 saturated heterocycles. The van der Waals surface area contributed by atoms with E-state index in [1.54, 1.807) is 11.1 Å². The van der Waals surface area contributed by atoms with Crippen LogP contribution in [0.4, 0.5) is 10.6 Å². The van der Waals surface area contributed by atoms with Gasteiger partial charge in [-0.25, -0.2) is 19.7 Å². The van der Waals surface area contributed by atoms with E-state index in [1.165, 1.54) is 0 Å². The monoisotopic (exact) mass is 533 g/mol. The summed E-state index contributed by atoms with van der Waals surface area (Å²) in [6.45, 7) is 6.06. The van der Waals surface area contributed by atoms with E-state index in [1.807, 2.05) is 73.0 Å². The van der Waals surface area contributed by atoms with Crippen molar-refractivity contribution in [3.63, 3.8) is 0 Å². The Balaban J connectivity index is 1.37. The van der Waals surface area contributed by atoms with Crippen LogP contribution in [0, 0.1) is 0 Å². The number of amides is 1. The zero-order valence-electron chi connectivity index (χ0n) is 22.5. The zero-order chi connectivity index (χ0) is 27.8. The van der Waals surface area contributed by atoms with Gasteiger partial charge in [-0.05, 0) is 55.8 Å². The molecule has 3 N–H and O–H groups in total. The van der Waals surface area contributed by atoms with Gasteiger partial charge >= 0.3 is 6.09 Å². The molecule has 3 aromatic heterocycles. The molecule has 6 rings (SSSR count). The van der Waals surface area contributed by atoms with Crippen molar-refractivity contribution in [2.75, 3.05) is 18.8 Å². The van der Waals surface area contributed by atoms with Crippen LogP contribution in [-0.2, 0) is 6.54 Å². The largest absolute Gasteiger partial charge is 0.465 e. The van der Waals surface area contributed by atoms with Gasteiger partial charge in [0.25, 0.3) is 0 Å². The lowest BCUT2D eigenvalue weighted by Gasteiger charge is -2.42. The van der Waals surface area contributed by atoms with Crippen LogP contribution < -0.4 is 5.73 Å². The van der Waals surface area contributed by atoms with E-state index in [0.29, 0.717) is 24.7 Å². The number of hydrogen-bond donors (Lipinski definition) is 2. The topological polar surface area (TPSA) is 113 Å². The predicted molar refractivity (Wildman–Crippen MR) is 156 cm³/mol. The normalized spacial score (nSPS) is 17.8. The smallest absolute Gasteiger partial charge is 0.407 e. The second kappa shape index (κ2) is 10.4. The molecule has 202 valence electrons. The van der Waals surface area contributed by atoms with E-state index in [-0.39, 0.29) is 12.1 Å². The standard InChI is InChI=1S/C31H31N7O2/c1-20-17-36(18-21(2)37(20)31(39)40)19-22-10-12-24(13-11-22)38-29(25-9-6-16-33-28(25)32)35-27-15-14-26(34-30(27)38)23-7-4-3-5-8-23/h3-16,20-21H,17-19H2,1-2H3,(H2,32,33)(H,39,40)/t20-,21+. The van der Waals surface area contributed by atoms with Gasteiger partial charge in [0, 0.05) is 49.2 Å². The number of nitrogens with zero attached hydrogens (tertiary/aromatic N) is 6. The van der Waals surface area contributed by atoms with Crippen LogP contribution in [0.2, 0.25) is 0 Å². The van der Waals surface area contributed by atoms with Crippen molar-refractivity contribution in [3.05, 3.63) is 90.6 Å². The Morgan fingerprint density at radius 2 is 1.65 bits per heavy atom. The average molecular weight is 534 g/mol. The Labute approximate surface area is 232 Å². The van der Waals surface area contributed by atoms with Gasteiger partial charge < -0.3 is 15.7 Å². The number of piperazine rings is 1. The molecular formula is C31H31N7O2. The molecule has 40 heavy (non-hydrogen) atoms. The first-order valence-corrected chi connectivity index (χ1v) is 13.4. The van der Waals surface area contributed by atoms with Crippen molar-refractivity contribution >= 4 is 23.1 Å². The Kier molecular flexibility index (Phi) is 6.65. The molecule has 1 fully saturated rings. The summed E-state index contributed by atoms with van der Waals surface area (Å²) < 4.78 is 2.04. The first-order chi connectivity index (χ1) is 19.4. The summed E-state index contributed by atoms with van der Waals surface area (Å²) in [5.74, 6) is 1.08. The maximum absolute atomic E-state index is 11.6. The third kappa shape index (κ3) is 4.76. The first kappa shape index (κ1) is 25.5. The Morgan fingerprint density at radius 3 is 2.33 bits per heavy atom. The van der Waals surface area contributed by atoms with Gasteiger partial charge in [0.2, 0.25) is 0 Å². The summed E-state index contributed by atoms with van der Waals surface area (Å²) in [6.07, 6.45) is 0.815. The average Bonchev–Trinajstić information content (AvgIpc) is 3.32. The summed E-state index contributed by atoms with van der Waals surface area (Å²) >= 11 is 0. The number of nitrogen functional groups attached to an aromatic ring is 1. The zero-order valence-corrected chi connectivity index (χ0v) is 22.5. The number of carbonyl (C=O) groups is 1. The highest BCUT2D eigenvalue weighted by molar-refractivity contribution is 5.84. The van der Waals surface area contributed by atoms with Crippen molar-refractivity contribution in [2.24, 2.45) is 0 Å². The molecule has 5 aromatic rings. The highest BCUT2D eigenvalue weighted by atomic mass is 16.4. The summed E-state index contributed by atoms with van der Waals surface area (Å²) in [5.41, 5.74) is 12.5. The lowest BCUT2D eigenvalue weighted by molar-refractivity contribution is 0.0381. The van der Waals surface area contributed by atoms with Crippen molar-refractivity contribution < 1.29 is 9.90 Å². The molecule has 2 atom stereocenters. The first-order valence-electron chi connectivity index (χ1n) is 13.4. The van der Waals surface area contributed by atoms with E-state index in [0.717, 1.165) is 45.8 Å². The molecule has 0 spiro atoms. The molecule has 1 aliphatic rings. The Hall–Kier alpha value is -4.76. The number of fused-ring (bicyclic) bond motifs is 1. The van der Waals surface area contributed by atoms with Gasteiger partial charge in [-0.3, -0.25) is 9.47 Å². The number of pyridine rings is 2. The van der Waals surface area contributed by atoms with Gasteiger partial charge in [-0.15, -0.1) is 0 Å². The summed E-state index contributed by atoms with van der Waals surface area (Å²) in [6, 6.07) is 26.1. The molecule has 0 bridgehead atoms. The van der Waals surface area contributed by atoms with Crippen LogP contribution >= 0.6 is 0 Å². The molecule has 0 aliphatic carbocycles. The van der Waals surface area contributed by atoms with Crippen LogP contribution in [0.3, 0.4) is 0 Å². The number of rotatable bonds is 5. The molecule has 0 unspecified atom stereocenters. The predicted octanol–water partition coefficient (Wildman–Crippen LogP) is 5.30. The quantitative estimate of drug-likeness (QED) is 0.315. The van der Waals surface area contributed by atoms with Gasteiger partial charge in [0.1, 0.15) is 11.3 Å². The van der Waals surface area contributed by atoms with Crippen LogP contribution in [-0.4, -0.2) is 65.7 Å². The molecular weight excluding hydrogens is 502 g/mol. The fraction of sp³-hybridized carbons (Fsp3) is 0.226. The second-order valence-corrected chi connectivity index (χ2v) is 10.4. The second-order valence-electron chi connectivity index (χ2n) is 10.4. The highest BCUT2D eigenvalue weighted by Gasteiger charge is 2.32. The Bertz CT molecular complexity index is 1660. The van der Waals surface area contributed by atoms with E-state index in [2.05, 4.69) is 34.1 Å². The van der Waals surface area contributed by atoms with Crippen molar-refractivity contribution in [1.82, 2.24) is 29.3 Å². The molecule has 1 amide bonds. The van der Waals surface area contributed by atoms with Crippen LogP contribution in [0.1, 0.15) is 19.4 Å². The Morgan fingerprint density at radius 1 is 0.925 bits per heavy atom. The van der Waals surface area contributed by atoms with E-state index < -0.39 is 6.09 Å². The maximum Gasteiger partial charge on any atom is 0.407 e. The van der Waals surface area contributed by atoms with Gasteiger partial charge in [-0.1, -0.05) is 42.5 Å². The molecule has 9 nitrogen and oxygen atoms in total. The van der Waals surface area contributed by atoms with E-state index in [9.17, 15) is 9.90 Å². The summed E-state index contributed by atoms with van der Waals surface area (Å²) in [7, 11) is 0. The van der Waals surface area contributed by atoms with E-state index >= 15 is 0 Å². The summed E-state index contributed by atoms with van der Waals surface area (Å²) in [5, 5.41) is 9.54. The fourth-order valence-corrected chi connectivity index (χ4v) is 5.71. The lowest BCUT2D eigenvalue weighted by atomic mass is 10.1. The number of hydrogen-bond acceptors (Lipinski definition) is 6. The third-order valence-electron chi connectivity index (χ3n) is 7.47.